The first kappa shape index (κ1) is 13.6. The second kappa shape index (κ2) is 5.77. The van der Waals surface area contributed by atoms with Gasteiger partial charge in [0.1, 0.15) is 5.78 Å². The average Bonchev–Trinajstić information content (AvgIpc) is 2.29. The summed E-state index contributed by atoms with van der Waals surface area (Å²) in [6, 6.07) is 0. The molecule has 0 amide bonds. The number of ketones is 1. The lowest BCUT2D eigenvalue weighted by atomic mass is 9.93. The standard InChI is InChI=1S/C11H16O6/c1-3-15-9(13)11(10(14)16-4-2)7-8(12)5-6-17-11/h3-7H2,1-2H3. The Morgan fingerprint density at radius 1 is 1.24 bits per heavy atom. The molecular formula is C11H16O6. The molecule has 0 aromatic carbocycles. The maximum Gasteiger partial charge on any atom is 0.350 e. The molecule has 0 aromatic heterocycles. The summed E-state index contributed by atoms with van der Waals surface area (Å²) in [5.74, 6) is -1.92. The van der Waals surface area contributed by atoms with Gasteiger partial charge in [-0.1, -0.05) is 0 Å². The van der Waals surface area contributed by atoms with E-state index in [-0.39, 0.29) is 38.4 Å². The van der Waals surface area contributed by atoms with E-state index >= 15 is 0 Å². The van der Waals surface area contributed by atoms with Crippen molar-refractivity contribution in [3.8, 4) is 0 Å². The summed E-state index contributed by atoms with van der Waals surface area (Å²) in [6.45, 7) is 3.47. The van der Waals surface area contributed by atoms with Gasteiger partial charge < -0.3 is 14.2 Å². The van der Waals surface area contributed by atoms with Crippen molar-refractivity contribution in [2.45, 2.75) is 32.3 Å². The number of hydrogen-bond acceptors (Lipinski definition) is 6. The van der Waals surface area contributed by atoms with Crippen LogP contribution < -0.4 is 0 Å². The molecule has 6 heteroatoms. The fourth-order valence-corrected chi connectivity index (χ4v) is 1.60. The van der Waals surface area contributed by atoms with E-state index in [2.05, 4.69) is 0 Å². The normalized spacial score (nSPS) is 18.6. The van der Waals surface area contributed by atoms with E-state index < -0.39 is 17.5 Å². The number of hydrogen-bond donors (Lipinski definition) is 0. The maximum absolute atomic E-state index is 11.8. The molecule has 1 rings (SSSR count). The molecule has 0 spiro atoms. The summed E-state index contributed by atoms with van der Waals surface area (Å²) in [5.41, 5.74) is -1.90. The summed E-state index contributed by atoms with van der Waals surface area (Å²) in [4.78, 5) is 35.0. The van der Waals surface area contributed by atoms with Crippen molar-refractivity contribution in [3.05, 3.63) is 0 Å². The Balaban J connectivity index is 2.94. The van der Waals surface area contributed by atoms with Gasteiger partial charge in [-0.15, -0.1) is 0 Å². The van der Waals surface area contributed by atoms with Gasteiger partial charge in [-0.25, -0.2) is 9.59 Å². The molecule has 0 atom stereocenters. The first-order chi connectivity index (χ1) is 8.06. The van der Waals surface area contributed by atoms with Gasteiger partial charge in [-0.2, -0.15) is 0 Å². The van der Waals surface area contributed by atoms with Crippen LogP contribution in [-0.2, 0) is 28.6 Å². The van der Waals surface area contributed by atoms with E-state index in [0.29, 0.717) is 0 Å². The molecule has 0 N–H and O–H groups in total. The second-order valence-corrected chi connectivity index (χ2v) is 3.58. The van der Waals surface area contributed by atoms with Gasteiger partial charge >= 0.3 is 11.9 Å². The van der Waals surface area contributed by atoms with Gasteiger partial charge in [0, 0.05) is 6.42 Å². The summed E-state index contributed by atoms with van der Waals surface area (Å²) >= 11 is 0. The van der Waals surface area contributed by atoms with Gasteiger partial charge in [-0.3, -0.25) is 4.79 Å². The first-order valence-electron chi connectivity index (χ1n) is 5.57. The molecule has 0 radical (unpaired) electrons. The number of carbonyl (C=O) groups is 3. The van der Waals surface area contributed by atoms with Crippen molar-refractivity contribution in [3.63, 3.8) is 0 Å². The van der Waals surface area contributed by atoms with E-state index in [0.717, 1.165) is 0 Å². The number of rotatable bonds is 4. The van der Waals surface area contributed by atoms with E-state index in [1.165, 1.54) is 0 Å². The Kier molecular flexibility index (Phi) is 4.62. The minimum absolute atomic E-state index is 0.0243. The van der Waals surface area contributed by atoms with Gasteiger partial charge in [0.2, 0.25) is 0 Å². The second-order valence-electron chi connectivity index (χ2n) is 3.58. The topological polar surface area (TPSA) is 78.9 Å². The Hall–Kier alpha value is -1.43. The highest BCUT2D eigenvalue weighted by molar-refractivity contribution is 6.07. The van der Waals surface area contributed by atoms with E-state index in [1.807, 2.05) is 0 Å². The number of esters is 2. The molecule has 96 valence electrons. The Labute approximate surface area is 99.2 Å². The van der Waals surface area contributed by atoms with Crippen molar-refractivity contribution >= 4 is 17.7 Å². The summed E-state index contributed by atoms with van der Waals surface area (Å²) in [6.07, 6.45) is -0.120. The van der Waals surface area contributed by atoms with Crippen molar-refractivity contribution in [2.24, 2.45) is 0 Å². The lowest BCUT2D eigenvalue weighted by Gasteiger charge is -2.31. The van der Waals surface area contributed by atoms with Gasteiger partial charge in [-0.05, 0) is 13.8 Å². The first-order valence-corrected chi connectivity index (χ1v) is 5.57. The highest BCUT2D eigenvalue weighted by Crippen LogP contribution is 2.26. The maximum atomic E-state index is 11.8. The average molecular weight is 244 g/mol. The van der Waals surface area contributed by atoms with Crippen LogP contribution in [0.4, 0.5) is 0 Å². The third-order valence-corrected chi connectivity index (χ3v) is 2.39. The molecule has 0 aliphatic carbocycles. The number of ether oxygens (including phenoxy) is 3. The van der Waals surface area contributed by atoms with Crippen LogP contribution in [0.15, 0.2) is 0 Å². The van der Waals surface area contributed by atoms with Crippen LogP contribution in [0.2, 0.25) is 0 Å². The highest BCUT2D eigenvalue weighted by Gasteiger charge is 2.53. The van der Waals surface area contributed by atoms with Crippen molar-refractivity contribution in [1.29, 1.82) is 0 Å². The predicted octanol–water partition coefficient (Wildman–Crippen LogP) is 0.231. The quantitative estimate of drug-likeness (QED) is 0.520. The lowest BCUT2D eigenvalue weighted by molar-refractivity contribution is -0.197. The minimum atomic E-state index is -1.90. The molecule has 1 fully saturated rings. The molecule has 1 heterocycles. The number of Topliss-reactive ketones (excluding diaryl/α,β-unsaturated/α-hetero) is 1. The molecular weight excluding hydrogens is 228 g/mol. The summed E-state index contributed by atoms with van der Waals surface area (Å²) in [5, 5.41) is 0. The molecule has 17 heavy (non-hydrogen) atoms. The van der Waals surface area contributed by atoms with Crippen LogP contribution >= 0.6 is 0 Å². The van der Waals surface area contributed by atoms with Gasteiger partial charge in [0.05, 0.1) is 26.2 Å². The summed E-state index contributed by atoms with van der Waals surface area (Å²) in [7, 11) is 0. The molecule has 0 bridgehead atoms. The monoisotopic (exact) mass is 244 g/mol. The van der Waals surface area contributed by atoms with Crippen LogP contribution in [0.5, 0.6) is 0 Å². The zero-order chi connectivity index (χ0) is 12.9. The molecule has 1 aliphatic rings. The highest BCUT2D eigenvalue weighted by atomic mass is 16.6. The molecule has 1 saturated heterocycles. The van der Waals surface area contributed by atoms with Crippen LogP contribution in [0.25, 0.3) is 0 Å². The SMILES string of the molecule is CCOC(=O)C1(C(=O)OCC)CC(=O)CCO1. The van der Waals surface area contributed by atoms with E-state index in [4.69, 9.17) is 14.2 Å². The van der Waals surface area contributed by atoms with Gasteiger partial charge in [0.25, 0.3) is 5.60 Å². The Morgan fingerprint density at radius 3 is 2.18 bits per heavy atom. The third kappa shape index (κ3) is 2.82. The smallest absolute Gasteiger partial charge is 0.350 e. The van der Waals surface area contributed by atoms with Crippen LogP contribution in [0.3, 0.4) is 0 Å². The van der Waals surface area contributed by atoms with E-state index in [1.54, 1.807) is 13.8 Å². The Morgan fingerprint density at radius 2 is 1.76 bits per heavy atom. The largest absolute Gasteiger partial charge is 0.463 e. The minimum Gasteiger partial charge on any atom is -0.463 e. The van der Waals surface area contributed by atoms with Crippen molar-refractivity contribution < 1.29 is 28.6 Å². The third-order valence-electron chi connectivity index (χ3n) is 2.39. The molecule has 6 nitrogen and oxygen atoms in total. The molecule has 0 aromatic rings. The zero-order valence-electron chi connectivity index (χ0n) is 9.99. The van der Waals surface area contributed by atoms with Gasteiger partial charge in [0.15, 0.2) is 0 Å². The van der Waals surface area contributed by atoms with Crippen molar-refractivity contribution in [1.82, 2.24) is 0 Å². The van der Waals surface area contributed by atoms with Crippen LogP contribution in [0, 0.1) is 0 Å². The fourth-order valence-electron chi connectivity index (χ4n) is 1.60. The van der Waals surface area contributed by atoms with Crippen molar-refractivity contribution in [2.75, 3.05) is 19.8 Å². The summed E-state index contributed by atoms with van der Waals surface area (Å²) < 4.78 is 14.8. The molecule has 0 saturated carbocycles. The molecule has 0 unspecified atom stereocenters. The molecule has 1 aliphatic heterocycles. The number of carbonyl (C=O) groups excluding carboxylic acids is 3. The zero-order valence-corrected chi connectivity index (χ0v) is 9.99. The lowest BCUT2D eigenvalue weighted by Crippen LogP contribution is -2.55. The predicted molar refractivity (Wildman–Crippen MR) is 56.2 cm³/mol. The van der Waals surface area contributed by atoms with Crippen LogP contribution in [-0.4, -0.2) is 43.1 Å². The fraction of sp³-hybridized carbons (Fsp3) is 0.727. The Bertz CT molecular complexity index is 304. The van der Waals surface area contributed by atoms with E-state index in [9.17, 15) is 14.4 Å². The van der Waals surface area contributed by atoms with Crippen LogP contribution in [0.1, 0.15) is 26.7 Å².